The summed E-state index contributed by atoms with van der Waals surface area (Å²) in [5.41, 5.74) is 5.60. The zero-order valence-corrected chi connectivity index (χ0v) is 17.8. The average molecular weight is 444 g/mol. The zero-order chi connectivity index (χ0) is 22.3. The Labute approximate surface area is 183 Å². The largest absolute Gasteiger partial charge is 0.277 e. The first-order chi connectivity index (χ1) is 15.4. The highest BCUT2D eigenvalue weighted by molar-refractivity contribution is 7.90. The topological polar surface area (TPSA) is 88.6 Å². The molecule has 32 heavy (non-hydrogen) atoms. The summed E-state index contributed by atoms with van der Waals surface area (Å²) in [6.45, 7) is 0. The highest BCUT2D eigenvalue weighted by atomic mass is 32.2. The van der Waals surface area contributed by atoms with Crippen molar-refractivity contribution < 1.29 is 12.8 Å². The number of H-pyrrole nitrogens is 1. The third-order valence-corrected chi connectivity index (χ3v) is 6.40. The third-order valence-electron chi connectivity index (χ3n) is 5.27. The number of nitrogens with one attached hydrogen (secondary N) is 1. The number of benzene rings is 3. The predicted molar refractivity (Wildman–Crippen MR) is 121 cm³/mol. The van der Waals surface area contributed by atoms with E-state index in [1.54, 1.807) is 42.6 Å². The van der Waals surface area contributed by atoms with Crippen molar-refractivity contribution >= 4 is 20.7 Å². The van der Waals surface area contributed by atoms with Crippen molar-refractivity contribution in [1.82, 2.24) is 20.2 Å². The predicted octanol–water partition coefficient (Wildman–Crippen LogP) is 4.90. The second-order valence-corrected chi connectivity index (χ2v) is 9.43. The van der Waals surface area contributed by atoms with Crippen molar-refractivity contribution in [2.45, 2.75) is 4.90 Å². The van der Waals surface area contributed by atoms with Crippen molar-refractivity contribution in [2.75, 3.05) is 6.26 Å². The van der Waals surface area contributed by atoms with Gasteiger partial charge in [0.1, 0.15) is 12.1 Å². The Kier molecular flexibility index (Phi) is 4.79. The first-order valence-corrected chi connectivity index (χ1v) is 11.6. The summed E-state index contributed by atoms with van der Waals surface area (Å²) < 4.78 is 36.9. The van der Waals surface area contributed by atoms with Crippen molar-refractivity contribution in [3.63, 3.8) is 0 Å². The molecule has 158 valence electrons. The lowest BCUT2D eigenvalue weighted by molar-refractivity contribution is 0.602. The van der Waals surface area contributed by atoms with Crippen LogP contribution in [-0.4, -0.2) is 34.8 Å². The lowest BCUT2D eigenvalue weighted by atomic mass is 9.98. The van der Waals surface area contributed by atoms with Gasteiger partial charge >= 0.3 is 0 Å². The lowest BCUT2D eigenvalue weighted by Crippen LogP contribution is -1.97. The minimum absolute atomic E-state index is 0.252. The van der Waals surface area contributed by atoms with Crippen LogP contribution in [-0.2, 0) is 9.84 Å². The van der Waals surface area contributed by atoms with Gasteiger partial charge < -0.3 is 0 Å². The molecule has 8 heteroatoms. The van der Waals surface area contributed by atoms with Crippen LogP contribution in [0.15, 0.2) is 84.1 Å². The molecule has 0 aliphatic heterocycles. The number of hydrogen-bond donors (Lipinski definition) is 1. The molecule has 0 bridgehead atoms. The Hall–Kier alpha value is -3.91. The summed E-state index contributed by atoms with van der Waals surface area (Å²) in [5, 5.41) is 8.00. The summed E-state index contributed by atoms with van der Waals surface area (Å²) in [5.74, 6) is -0.302. The van der Waals surface area contributed by atoms with Crippen LogP contribution in [0.3, 0.4) is 0 Å². The van der Waals surface area contributed by atoms with E-state index >= 15 is 0 Å². The number of aromatic nitrogens is 4. The van der Waals surface area contributed by atoms with Crippen LogP contribution < -0.4 is 0 Å². The number of nitrogens with zero attached hydrogens (tertiary/aromatic N) is 3. The Morgan fingerprint density at radius 3 is 2.25 bits per heavy atom. The molecule has 0 saturated carbocycles. The summed E-state index contributed by atoms with van der Waals surface area (Å²) in [4.78, 5) is 9.07. The molecule has 0 saturated heterocycles. The highest BCUT2D eigenvalue weighted by Gasteiger charge is 2.14. The standard InChI is InChI=1S/C24H17FN4O2S/c1-32(30,31)19-9-4-15(5-10-19)23-20-12-17(6-11-22(20)26-14-27-23)21-13-28-29-24(21)16-2-7-18(25)8-3-16/h2-14H,1H3,(H,28,29). The average Bonchev–Trinajstić information content (AvgIpc) is 3.28. The maximum absolute atomic E-state index is 13.3. The van der Waals surface area contributed by atoms with E-state index in [1.807, 2.05) is 18.2 Å². The van der Waals surface area contributed by atoms with Crippen LogP contribution in [0, 0.1) is 5.82 Å². The Morgan fingerprint density at radius 1 is 0.844 bits per heavy atom. The molecule has 0 radical (unpaired) electrons. The molecule has 0 amide bonds. The van der Waals surface area contributed by atoms with Gasteiger partial charge in [-0.25, -0.2) is 22.8 Å². The molecule has 0 fully saturated rings. The maximum Gasteiger partial charge on any atom is 0.175 e. The minimum atomic E-state index is -3.28. The molecule has 3 aromatic carbocycles. The second kappa shape index (κ2) is 7.65. The van der Waals surface area contributed by atoms with Gasteiger partial charge in [-0.05, 0) is 54.1 Å². The van der Waals surface area contributed by atoms with Gasteiger partial charge in [-0.1, -0.05) is 18.2 Å². The normalized spacial score (nSPS) is 11.7. The van der Waals surface area contributed by atoms with Crippen LogP contribution >= 0.6 is 0 Å². The Balaban J connectivity index is 1.63. The first kappa shape index (κ1) is 20.0. The molecule has 5 aromatic rings. The minimum Gasteiger partial charge on any atom is -0.277 e. The van der Waals surface area contributed by atoms with E-state index in [9.17, 15) is 12.8 Å². The molecule has 0 spiro atoms. The van der Waals surface area contributed by atoms with E-state index in [2.05, 4.69) is 20.2 Å². The fraction of sp³-hybridized carbons (Fsp3) is 0.0417. The van der Waals surface area contributed by atoms with Crippen molar-refractivity contribution in [3.8, 4) is 33.6 Å². The van der Waals surface area contributed by atoms with Gasteiger partial charge in [0.25, 0.3) is 0 Å². The van der Waals surface area contributed by atoms with Crippen molar-refractivity contribution in [3.05, 3.63) is 85.1 Å². The number of hydrogen-bond acceptors (Lipinski definition) is 5. The van der Waals surface area contributed by atoms with Gasteiger partial charge in [-0.15, -0.1) is 0 Å². The number of fused-ring (bicyclic) bond motifs is 1. The molecule has 6 nitrogen and oxygen atoms in total. The number of sulfone groups is 1. The Morgan fingerprint density at radius 2 is 1.53 bits per heavy atom. The maximum atomic E-state index is 13.3. The van der Waals surface area contributed by atoms with E-state index < -0.39 is 9.84 Å². The number of rotatable bonds is 4. The molecule has 0 aliphatic rings. The molecule has 0 aliphatic carbocycles. The molecular formula is C24H17FN4O2S. The number of halogens is 1. The molecule has 5 rings (SSSR count). The van der Waals surface area contributed by atoms with E-state index in [0.717, 1.165) is 38.9 Å². The summed E-state index contributed by atoms with van der Waals surface area (Å²) in [6, 6.07) is 18.7. The van der Waals surface area contributed by atoms with E-state index in [0.29, 0.717) is 5.69 Å². The fourth-order valence-corrected chi connectivity index (χ4v) is 4.29. The molecular weight excluding hydrogens is 427 g/mol. The van der Waals surface area contributed by atoms with E-state index in [4.69, 9.17) is 0 Å². The highest BCUT2D eigenvalue weighted by Crippen LogP contribution is 2.34. The second-order valence-electron chi connectivity index (χ2n) is 7.42. The van der Waals surface area contributed by atoms with Crippen LogP contribution in [0.4, 0.5) is 4.39 Å². The van der Waals surface area contributed by atoms with E-state index in [-0.39, 0.29) is 10.7 Å². The monoisotopic (exact) mass is 444 g/mol. The quantitative estimate of drug-likeness (QED) is 0.426. The van der Waals surface area contributed by atoms with Gasteiger partial charge in [0.15, 0.2) is 9.84 Å². The molecule has 2 aromatic heterocycles. The summed E-state index contributed by atoms with van der Waals surface area (Å²) in [7, 11) is -3.28. The first-order valence-electron chi connectivity index (χ1n) is 9.75. The van der Waals surface area contributed by atoms with Crippen LogP contribution in [0.25, 0.3) is 44.5 Å². The lowest BCUT2D eigenvalue weighted by Gasteiger charge is -2.09. The zero-order valence-electron chi connectivity index (χ0n) is 16.9. The van der Waals surface area contributed by atoms with Gasteiger partial charge in [-0.3, -0.25) is 5.10 Å². The van der Waals surface area contributed by atoms with Crippen LogP contribution in [0.2, 0.25) is 0 Å². The van der Waals surface area contributed by atoms with Gasteiger partial charge in [-0.2, -0.15) is 5.10 Å². The SMILES string of the molecule is CS(=O)(=O)c1ccc(-c2ncnc3ccc(-c4cn[nH]c4-c4ccc(F)cc4)cc23)cc1. The van der Waals surface area contributed by atoms with Crippen LogP contribution in [0.5, 0.6) is 0 Å². The molecule has 0 atom stereocenters. The molecule has 1 N–H and O–H groups in total. The van der Waals surface area contributed by atoms with Gasteiger partial charge in [0, 0.05) is 28.3 Å². The smallest absolute Gasteiger partial charge is 0.175 e. The van der Waals surface area contributed by atoms with Crippen LogP contribution in [0.1, 0.15) is 0 Å². The van der Waals surface area contributed by atoms with Crippen molar-refractivity contribution in [1.29, 1.82) is 0 Å². The molecule has 2 heterocycles. The Bertz CT molecular complexity index is 1540. The van der Waals surface area contributed by atoms with E-state index in [1.165, 1.54) is 24.7 Å². The molecule has 0 unspecified atom stereocenters. The van der Waals surface area contributed by atoms with Crippen molar-refractivity contribution in [2.24, 2.45) is 0 Å². The summed E-state index contributed by atoms with van der Waals surface area (Å²) in [6.07, 6.45) is 4.39. The number of aromatic amines is 1. The van der Waals surface area contributed by atoms with Gasteiger partial charge in [0.05, 0.1) is 28.0 Å². The summed E-state index contributed by atoms with van der Waals surface area (Å²) >= 11 is 0. The van der Waals surface area contributed by atoms with Gasteiger partial charge in [0.2, 0.25) is 0 Å². The third kappa shape index (κ3) is 3.65. The fourth-order valence-electron chi connectivity index (χ4n) is 3.66.